The Morgan fingerprint density at radius 2 is 1.75 bits per heavy atom. The van der Waals surface area contributed by atoms with E-state index in [1.54, 1.807) is 0 Å². The van der Waals surface area contributed by atoms with E-state index in [-0.39, 0.29) is 0 Å². The SMILES string of the molecule is [B]C1C(CCCC)CC(CC)C(C(C)(C)CCC)C1P. The summed E-state index contributed by atoms with van der Waals surface area (Å²) in [7, 11) is 9.78. The van der Waals surface area contributed by atoms with E-state index in [1.165, 1.54) is 44.9 Å². The van der Waals surface area contributed by atoms with E-state index >= 15 is 0 Å². The second-order valence-electron chi connectivity index (χ2n) is 7.73. The van der Waals surface area contributed by atoms with Gasteiger partial charge >= 0.3 is 0 Å². The van der Waals surface area contributed by atoms with Crippen molar-refractivity contribution in [1.82, 2.24) is 0 Å². The average molecular weight is 294 g/mol. The summed E-state index contributed by atoms with van der Waals surface area (Å²) in [6.07, 6.45) is 9.26. The van der Waals surface area contributed by atoms with Crippen LogP contribution in [-0.4, -0.2) is 13.5 Å². The Morgan fingerprint density at radius 3 is 2.25 bits per heavy atom. The molecule has 2 heteroatoms. The molecule has 0 aromatic carbocycles. The lowest BCUT2D eigenvalue weighted by atomic mass is 9.53. The summed E-state index contributed by atoms with van der Waals surface area (Å²) in [6.45, 7) is 11.9. The van der Waals surface area contributed by atoms with Gasteiger partial charge in [0.15, 0.2) is 0 Å². The molecule has 0 aromatic heterocycles. The molecule has 0 bridgehead atoms. The number of hydrogen-bond acceptors (Lipinski definition) is 0. The summed E-state index contributed by atoms with van der Waals surface area (Å²) in [4.78, 5) is 0. The molecule has 1 fully saturated rings. The zero-order chi connectivity index (χ0) is 15.3. The van der Waals surface area contributed by atoms with E-state index in [9.17, 15) is 0 Å². The summed E-state index contributed by atoms with van der Waals surface area (Å²) in [6, 6.07) is 0. The first-order valence-electron chi connectivity index (χ1n) is 8.90. The molecule has 116 valence electrons. The van der Waals surface area contributed by atoms with Crippen molar-refractivity contribution in [3.8, 4) is 0 Å². The standard InChI is InChI=1S/C18H36BP/c1-6-9-10-14-12-13(8-3)15(17(20)16(14)19)18(4,5)11-7-2/h13-17H,6-12,20H2,1-5H3. The molecule has 6 unspecified atom stereocenters. The molecule has 0 N–H and O–H groups in total. The van der Waals surface area contributed by atoms with Crippen LogP contribution in [0.25, 0.3) is 0 Å². The van der Waals surface area contributed by atoms with Gasteiger partial charge in [-0.15, -0.1) is 9.24 Å². The van der Waals surface area contributed by atoms with Gasteiger partial charge in [0.1, 0.15) is 0 Å². The van der Waals surface area contributed by atoms with Crippen LogP contribution in [0.4, 0.5) is 0 Å². The largest absolute Gasteiger partial charge is 0.135 e. The summed E-state index contributed by atoms with van der Waals surface area (Å²) in [5.41, 5.74) is 1.02. The van der Waals surface area contributed by atoms with Gasteiger partial charge < -0.3 is 0 Å². The van der Waals surface area contributed by atoms with Crippen molar-refractivity contribution in [1.29, 1.82) is 0 Å². The second-order valence-corrected chi connectivity index (χ2v) is 8.50. The Bertz CT molecular complexity index is 275. The third kappa shape index (κ3) is 4.25. The zero-order valence-electron chi connectivity index (χ0n) is 14.5. The molecule has 0 saturated heterocycles. The van der Waals surface area contributed by atoms with Gasteiger partial charge in [-0.3, -0.25) is 0 Å². The van der Waals surface area contributed by atoms with Crippen LogP contribution in [0.2, 0.25) is 5.82 Å². The molecule has 1 aliphatic rings. The van der Waals surface area contributed by atoms with Gasteiger partial charge in [0.2, 0.25) is 0 Å². The highest BCUT2D eigenvalue weighted by atomic mass is 31.0. The van der Waals surface area contributed by atoms with Gasteiger partial charge in [0.25, 0.3) is 0 Å². The number of hydrogen-bond donors (Lipinski definition) is 0. The van der Waals surface area contributed by atoms with E-state index in [1.807, 2.05) is 0 Å². The van der Waals surface area contributed by atoms with E-state index in [0.717, 1.165) is 17.8 Å². The first kappa shape index (κ1) is 18.5. The first-order chi connectivity index (χ1) is 9.38. The molecule has 0 heterocycles. The van der Waals surface area contributed by atoms with Crippen LogP contribution in [0.3, 0.4) is 0 Å². The molecule has 0 nitrogen and oxygen atoms in total. The fraction of sp³-hybridized carbons (Fsp3) is 1.00. The lowest BCUT2D eigenvalue weighted by Gasteiger charge is -2.52. The van der Waals surface area contributed by atoms with Crippen molar-refractivity contribution < 1.29 is 0 Å². The molecule has 2 radical (unpaired) electrons. The van der Waals surface area contributed by atoms with E-state index in [4.69, 9.17) is 7.85 Å². The number of unbranched alkanes of at least 4 members (excludes halogenated alkanes) is 1. The molecule has 20 heavy (non-hydrogen) atoms. The maximum absolute atomic E-state index is 6.64. The van der Waals surface area contributed by atoms with Crippen molar-refractivity contribution in [3.63, 3.8) is 0 Å². The Hall–Kier alpha value is 0.495. The van der Waals surface area contributed by atoms with Gasteiger partial charge in [0.05, 0.1) is 7.85 Å². The normalized spacial score (nSPS) is 35.2. The summed E-state index contributed by atoms with van der Waals surface area (Å²) in [5, 5.41) is 0. The van der Waals surface area contributed by atoms with Crippen LogP contribution in [0.5, 0.6) is 0 Å². The predicted molar refractivity (Wildman–Crippen MR) is 96.6 cm³/mol. The molecule has 0 aliphatic heterocycles. The van der Waals surface area contributed by atoms with Crippen molar-refractivity contribution in [2.45, 2.75) is 91.0 Å². The van der Waals surface area contributed by atoms with Gasteiger partial charge in [-0.2, -0.15) is 0 Å². The summed E-state index contributed by atoms with van der Waals surface area (Å²) < 4.78 is 0. The van der Waals surface area contributed by atoms with E-state index in [0.29, 0.717) is 16.9 Å². The maximum Gasteiger partial charge on any atom is 0.0711 e. The third-order valence-corrected chi connectivity index (χ3v) is 6.63. The quantitative estimate of drug-likeness (QED) is 0.407. The third-order valence-electron chi connectivity index (χ3n) is 5.77. The lowest BCUT2D eigenvalue weighted by molar-refractivity contribution is 0.0617. The molecule has 0 aromatic rings. The average Bonchev–Trinajstić information content (AvgIpc) is 2.39. The first-order valence-corrected chi connectivity index (χ1v) is 9.56. The molecule has 6 atom stereocenters. The molecule has 0 spiro atoms. The minimum Gasteiger partial charge on any atom is -0.135 e. The number of rotatable bonds is 7. The van der Waals surface area contributed by atoms with Crippen LogP contribution < -0.4 is 0 Å². The monoisotopic (exact) mass is 294 g/mol. The fourth-order valence-electron chi connectivity index (χ4n) is 4.73. The highest BCUT2D eigenvalue weighted by Crippen LogP contribution is 2.54. The van der Waals surface area contributed by atoms with Gasteiger partial charge in [-0.1, -0.05) is 72.5 Å². The smallest absolute Gasteiger partial charge is 0.0711 e. The van der Waals surface area contributed by atoms with Gasteiger partial charge in [-0.05, 0) is 41.7 Å². The zero-order valence-corrected chi connectivity index (χ0v) is 15.6. The molecular weight excluding hydrogens is 258 g/mol. The van der Waals surface area contributed by atoms with Crippen LogP contribution in [-0.2, 0) is 0 Å². The van der Waals surface area contributed by atoms with Crippen LogP contribution in [0.1, 0.15) is 79.6 Å². The maximum atomic E-state index is 6.64. The molecule has 1 rings (SSSR count). The summed E-state index contributed by atoms with van der Waals surface area (Å²) >= 11 is 0. The Balaban J connectivity index is 2.86. The van der Waals surface area contributed by atoms with Crippen molar-refractivity contribution in [2.75, 3.05) is 0 Å². The predicted octanol–water partition coefficient (Wildman–Crippen LogP) is 5.87. The molecule has 1 saturated carbocycles. The van der Waals surface area contributed by atoms with Crippen molar-refractivity contribution >= 4 is 17.1 Å². The van der Waals surface area contributed by atoms with Crippen molar-refractivity contribution in [3.05, 3.63) is 0 Å². The van der Waals surface area contributed by atoms with Crippen molar-refractivity contribution in [2.24, 2.45) is 23.2 Å². The highest BCUT2D eigenvalue weighted by Gasteiger charge is 2.45. The molecular formula is C18H36BP. The van der Waals surface area contributed by atoms with Gasteiger partial charge in [0, 0.05) is 0 Å². The lowest BCUT2D eigenvalue weighted by Crippen LogP contribution is -2.45. The minimum atomic E-state index is 0.385. The highest BCUT2D eigenvalue weighted by molar-refractivity contribution is 7.18. The second kappa shape index (κ2) is 8.21. The topological polar surface area (TPSA) is 0 Å². The van der Waals surface area contributed by atoms with Crippen LogP contribution >= 0.6 is 9.24 Å². The van der Waals surface area contributed by atoms with Crippen LogP contribution in [0.15, 0.2) is 0 Å². The molecule has 1 aliphatic carbocycles. The molecule has 0 amide bonds. The summed E-state index contributed by atoms with van der Waals surface area (Å²) in [5.74, 6) is 2.76. The Morgan fingerprint density at radius 1 is 1.10 bits per heavy atom. The van der Waals surface area contributed by atoms with Gasteiger partial charge in [-0.25, -0.2) is 0 Å². The fourth-order valence-corrected chi connectivity index (χ4v) is 5.88. The van der Waals surface area contributed by atoms with E-state index in [2.05, 4.69) is 43.9 Å². The Kier molecular flexibility index (Phi) is 7.61. The Labute approximate surface area is 131 Å². The van der Waals surface area contributed by atoms with E-state index < -0.39 is 0 Å². The van der Waals surface area contributed by atoms with Crippen LogP contribution in [0, 0.1) is 23.2 Å². The minimum absolute atomic E-state index is 0.385.